The maximum Gasteiger partial charge on any atom is 0.414 e. The number of anilines is 1. The summed E-state index contributed by atoms with van der Waals surface area (Å²) in [6, 6.07) is 7.83. The average molecular weight is 538 g/mol. The Morgan fingerprint density at radius 2 is 1.83 bits per heavy atom. The van der Waals surface area contributed by atoms with Crippen LogP contribution < -0.4 is 15.4 Å². The smallest absolute Gasteiger partial charge is 0.414 e. The van der Waals surface area contributed by atoms with Crippen LogP contribution in [0.1, 0.15) is 31.9 Å². The molecule has 0 spiro atoms. The molecule has 1 aromatic carbocycles. The van der Waals surface area contributed by atoms with E-state index in [1.54, 1.807) is 32.9 Å². The number of nitrogens with zero attached hydrogens (tertiary/aromatic N) is 1. The number of thiophene rings is 1. The Balaban J connectivity index is 1.65. The molecule has 11 heteroatoms. The summed E-state index contributed by atoms with van der Waals surface area (Å²) in [6.45, 7) is 6.52. The van der Waals surface area contributed by atoms with Gasteiger partial charge in [0, 0.05) is 18.8 Å². The summed E-state index contributed by atoms with van der Waals surface area (Å²) in [6.07, 6.45) is 0.979. The highest BCUT2D eigenvalue weighted by Crippen LogP contribution is 2.28. The lowest BCUT2D eigenvalue weighted by Crippen LogP contribution is -2.48. The molecule has 3 rings (SSSR count). The van der Waals surface area contributed by atoms with E-state index in [4.69, 9.17) is 25.8 Å². The predicted octanol–water partition coefficient (Wildman–Crippen LogP) is 3.89. The number of fused-ring (bicyclic) bond motifs is 1. The number of carbonyl (C=O) groups excluding carboxylic acids is 3. The van der Waals surface area contributed by atoms with E-state index in [1.807, 2.05) is 18.2 Å². The second kappa shape index (κ2) is 12.5. The van der Waals surface area contributed by atoms with Crippen LogP contribution in [0.4, 0.5) is 10.5 Å². The highest BCUT2D eigenvalue weighted by Gasteiger charge is 2.25. The monoisotopic (exact) mass is 537 g/mol. The molecular weight excluding hydrogens is 506 g/mol. The summed E-state index contributed by atoms with van der Waals surface area (Å²) < 4.78 is 16.3. The second-order valence-corrected chi connectivity index (χ2v) is 11.2. The van der Waals surface area contributed by atoms with E-state index in [0.717, 1.165) is 37.3 Å². The molecule has 0 saturated heterocycles. The van der Waals surface area contributed by atoms with Crippen molar-refractivity contribution in [1.82, 2.24) is 10.2 Å². The molecule has 196 valence electrons. The highest BCUT2D eigenvalue weighted by atomic mass is 35.5. The largest absolute Gasteiger partial charge is 0.458 e. The summed E-state index contributed by atoms with van der Waals surface area (Å²) in [7, 11) is 2.09. The molecule has 1 atom stereocenters. The lowest BCUT2D eigenvalue weighted by atomic mass is 10.0. The minimum atomic E-state index is -1.12. The Kier molecular flexibility index (Phi) is 9.72. The zero-order valence-corrected chi connectivity index (χ0v) is 22.5. The molecule has 1 aliphatic rings. The predicted molar refractivity (Wildman–Crippen MR) is 139 cm³/mol. The number of esters is 1. The van der Waals surface area contributed by atoms with E-state index in [1.165, 1.54) is 11.1 Å². The van der Waals surface area contributed by atoms with Crippen molar-refractivity contribution in [3.8, 4) is 5.06 Å². The Morgan fingerprint density at radius 1 is 1.11 bits per heavy atom. The van der Waals surface area contributed by atoms with Gasteiger partial charge in [-0.05, 0) is 76.1 Å². The highest BCUT2D eigenvalue weighted by molar-refractivity contribution is 7.17. The summed E-state index contributed by atoms with van der Waals surface area (Å²) in [4.78, 5) is 39.8. The summed E-state index contributed by atoms with van der Waals surface area (Å²) in [5, 5.41) is 5.62. The van der Waals surface area contributed by atoms with Gasteiger partial charge in [-0.3, -0.25) is 4.79 Å². The molecule has 0 aliphatic carbocycles. The molecular formula is C25H32ClN3O6S. The third-order valence-corrected chi connectivity index (χ3v) is 6.38. The molecule has 0 saturated carbocycles. The maximum atomic E-state index is 13.1. The van der Waals surface area contributed by atoms with Gasteiger partial charge in [-0.1, -0.05) is 29.0 Å². The number of likely N-dealkylation sites (N-methyl/N-ethyl adjacent to an activating group) is 1. The van der Waals surface area contributed by atoms with Gasteiger partial charge in [0.1, 0.15) is 18.2 Å². The molecule has 0 fully saturated rings. The average Bonchev–Trinajstić information content (AvgIpc) is 3.09. The van der Waals surface area contributed by atoms with E-state index in [9.17, 15) is 14.4 Å². The van der Waals surface area contributed by atoms with E-state index >= 15 is 0 Å². The second-order valence-electron chi connectivity index (χ2n) is 9.52. The van der Waals surface area contributed by atoms with Crippen molar-refractivity contribution in [2.75, 3.05) is 38.7 Å². The summed E-state index contributed by atoms with van der Waals surface area (Å²) in [5.41, 5.74) is 2.38. The molecule has 2 aromatic rings. The fourth-order valence-corrected chi connectivity index (χ4v) is 4.45. The number of amides is 2. The third kappa shape index (κ3) is 9.09. The molecule has 1 unspecified atom stereocenters. The molecule has 1 aromatic heterocycles. The van der Waals surface area contributed by atoms with Crippen LogP contribution in [0.5, 0.6) is 5.06 Å². The van der Waals surface area contributed by atoms with Gasteiger partial charge in [0.2, 0.25) is 5.91 Å². The third-order valence-electron chi connectivity index (χ3n) is 5.27. The molecule has 2 heterocycles. The molecule has 36 heavy (non-hydrogen) atoms. The van der Waals surface area contributed by atoms with Gasteiger partial charge in [0.25, 0.3) is 0 Å². The van der Waals surface area contributed by atoms with Crippen LogP contribution >= 0.6 is 22.9 Å². The van der Waals surface area contributed by atoms with E-state index in [0.29, 0.717) is 10.0 Å². The Morgan fingerprint density at radius 3 is 2.50 bits per heavy atom. The van der Waals surface area contributed by atoms with Crippen LogP contribution in [-0.4, -0.2) is 67.9 Å². The van der Waals surface area contributed by atoms with E-state index in [2.05, 4.69) is 22.6 Å². The van der Waals surface area contributed by atoms with Crippen molar-refractivity contribution in [2.45, 2.75) is 45.3 Å². The van der Waals surface area contributed by atoms with Gasteiger partial charge < -0.3 is 29.7 Å². The minimum absolute atomic E-state index is 0.263. The van der Waals surface area contributed by atoms with Crippen LogP contribution in [0.15, 0.2) is 30.3 Å². The number of hydrogen-bond donors (Lipinski definition) is 2. The first-order chi connectivity index (χ1) is 17.0. The molecule has 2 amide bonds. The Hall–Kier alpha value is -2.66. The first-order valence-electron chi connectivity index (χ1n) is 11.6. The van der Waals surface area contributed by atoms with Crippen molar-refractivity contribution in [3.05, 3.63) is 45.8 Å². The van der Waals surface area contributed by atoms with Crippen LogP contribution in [0.2, 0.25) is 4.34 Å². The van der Waals surface area contributed by atoms with Crippen molar-refractivity contribution in [3.63, 3.8) is 0 Å². The molecule has 2 N–H and O–H groups in total. The molecule has 0 bridgehead atoms. The van der Waals surface area contributed by atoms with Gasteiger partial charge in [-0.15, -0.1) is 0 Å². The molecule has 9 nitrogen and oxygen atoms in total. The summed E-state index contributed by atoms with van der Waals surface area (Å²) >= 11 is 6.96. The zero-order valence-electron chi connectivity index (χ0n) is 20.9. The zero-order chi connectivity index (χ0) is 26.3. The molecule has 0 radical (unpaired) electrons. The fraction of sp³-hybridized carbons (Fsp3) is 0.480. The number of carbonyl (C=O) groups is 3. The SMILES string of the molecule is CN1CCc2ccc(NC(=O)C(COCC(=O)OC(C)(C)C)NC(=O)Oc3ccc(Cl)s3)cc2CC1. The van der Waals surface area contributed by atoms with Crippen LogP contribution in [0.25, 0.3) is 0 Å². The van der Waals surface area contributed by atoms with E-state index in [-0.39, 0.29) is 18.3 Å². The van der Waals surface area contributed by atoms with Gasteiger partial charge in [-0.25, -0.2) is 9.59 Å². The number of rotatable bonds is 8. The van der Waals surface area contributed by atoms with Crippen molar-refractivity contribution in [2.24, 2.45) is 0 Å². The van der Waals surface area contributed by atoms with Gasteiger partial charge in [-0.2, -0.15) is 0 Å². The topological polar surface area (TPSA) is 106 Å². The van der Waals surface area contributed by atoms with Crippen molar-refractivity contribution < 1.29 is 28.6 Å². The molecule has 1 aliphatic heterocycles. The normalized spacial score (nSPS) is 14.8. The van der Waals surface area contributed by atoms with E-state index < -0.39 is 29.6 Å². The Bertz CT molecular complexity index is 1080. The number of ether oxygens (including phenoxy) is 3. The number of hydrogen-bond acceptors (Lipinski definition) is 8. The van der Waals surface area contributed by atoms with Gasteiger partial charge >= 0.3 is 12.1 Å². The van der Waals surface area contributed by atoms with Crippen molar-refractivity contribution >= 4 is 46.6 Å². The Labute approximate surface area is 220 Å². The van der Waals surface area contributed by atoms with Gasteiger partial charge in [0.05, 0.1) is 10.9 Å². The number of nitrogens with one attached hydrogen (secondary N) is 2. The number of halogens is 1. The minimum Gasteiger partial charge on any atom is -0.458 e. The fourth-order valence-electron chi connectivity index (χ4n) is 3.57. The lowest BCUT2D eigenvalue weighted by molar-refractivity contribution is -0.160. The standard InChI is InChI=1S/C25H32ClN3O6S/c1-25(2,3)35-21(30)15-33-14-19(28-24(32)34-22-8-7-20(26)36-22)23(31)27-18-6-5-16-9-11-29(4)12-10-17(16)13-18/h5-8,13,19H,9-12,14-15H2,1-4H3,(H,27,31)(H,28,32). The van der Waals surface area contributed by atoms with Crippen LogP contribution in [0, 0.1) is 0 Å². The van der Waals surface area contributed by atoms with Crippen LogP contribution in [-0.2, 0) is 31.9 Å². The number of benzene rings is 1. The van der Waals surface area contributed by atoms with Crippen LogP contribution in [0.3, 0.4) is 0 Å². The quantitative estimate of drug-likeness (QED) is 0.492. The van der Waals surface area contributed by atoms with Crippen molar-refractivity contribution in [1.29, 1.82) is 0 Å². The first kappa shape index (κ1) is 27.9. The summed E-state index contributed by atoms with van der Waals surface area (Å²) in [5.74, 6) is -1.08. The van der Waals surface area contributed by atoms with Gasteiger partial charge in [0.15, 0.2) is 5.06 Å². The first-order valence-corrected chi connectivity index (χ1v) is 12.8. The lowest BCUT2D eigenvalue weighted by Gasteiger charge is -2.21. The maximum absolute atomic E-state index is 13.1.